The van der Waals surface area contributed by atoms with Crippen molar-refractivity contribution in [3.05, 3.63) is 52.9 Å². The fraction of sp³-hybridized carbons (Fsp3) is 0.348. The van der Waals surface area contributed by atoms with E-state index in [4.69, 9.17) is 14.5 Å². The van der Waals surface area contributed by atoms with E-state index in [2.05, 4.69) is 59.8 Å². The minimum atomic E-state index is -0.203. The molecule has 0 radical (unpaired) electrons. The van der Waals surface area contributed by atoms with Gasteiger partial charge in [-0.1, -0.05) is 12.1 Å². The summed E-state index contributed by atoms with van der Waals surface area (Å²) in [6.07, 6.45) is 0.866. The molecular weight excluding hydrogens is 382 g/mol. The van der Waals surface area contributed by atoms with E-state index in [0.29, 0.717) is 0 Å². The fourth-order valence-electron chi connectivity index (χ4n) is 3.55. The molecule has 29 heavy (non-hydrogen) atoms. The van der Waals surface area contributed by atoms with Gasteiger partial charge in [-0.3, -0.25) is 0 Å². The number of nitrogens with one attached hydrogen (secondary N) is 1. The highest BCUT2D eigenvalue weighted by Crippen LogP contribution is 2.44. The smallest absolute Gasteiger partial charge is 0.183 e. The van der Waals surface area contributed by atoms with Gasteiger partial charge in [0.15, 0.2) is 16.6 Å². The maximum atomic E-state index is 6.06. The molecule has 0 aliphatic carbocycles. The molecule has 0 bridgehead atoms. The third-order valence-electron chi connectivity index (χ3n) is 5.04. The molecule has 1 N–H and O–H groups in total. The molecule has 3 aromatic rings. The molecule has 0 atom stereocenters. The number of thiazole rings is 1. The molecule has 2 heterocycles. The monoisotopic (exact) mass is 409 g/mol. The predicted molar refractivity (Wildman–Crippen MR) is 121 cm³/mol. The van der Waals surface area contributed by atoms with Gasteiger partial charge in [0, 0.05) is 49.3 Å². The summed E-state index contributed by atoms with van der Waals surface area (Å²) in [7, 11) is 5.78. The lowest BCUT2D eigenvalue weighted by Crippen LogP contribution is -2.24. The van der Waals surface area contributed by atoms with Crippen molar-refractivity contribution in [2.45, 2.75) is 32.4 Å². The van der Waals surface area contributed by atoms with Crippen LogP contribution in [-0.4, -0.2) is 31.8 Å². The lowest BCUT2D eigenvalue weighted by Gasteiger charge is -2.17. The summed E-state index contributed by atoms with van der Waals surface area (Å²) in [5.74, 6) is 1.63. The molecule has 1 aliphatic rings. The molecule has 0 spiro atoms. The molecule has 0 unspecified atom stereocenters. The molecule has 5 nitrogen and oxygen atoms in total. The number of ether oxygens (including phenoxy) is 2. The lowest BCUT2D eigenvalue weighted by molar-refractivity contribution is 0.134. The minimum Gasteiger partial charge on any atom is -0.493 e. The third kappa shape index (κ3) is 4.17. The van der Waals surface area contributed by atoms with Crippen LogP contribution in [0.2, 0.25) is 0 Å². The SMILES string of the molecule is COc1cc(-c2csc(NCc3ccc(N(C)C)cc3)n2)cc2c1OC(C)(C)C2. The van der Waals surface area contributed by atoms with Gasteiger partial charge in [0.25, 0.3) is 0 Å². The number of hydrogen-bond donors (Lipinski definition) is 1. The van der Waals surface area contributed by atoms with Crippen molar-refractivity contribution < 1.29 is 9.47 Å². The summed E-state index contributed by atoms with van der Waals surface area (Å²) in [5.41, 5.74) is 5.40. The zero-order chi connectivity index (χ0) is 20.6. The second kappa shape index (κ2) is 7.59. The molecule has 0 fully saturated rings. The van der Waals surface area contributed by atoms with Crippen molar-refractivity contribution in [2.75, 3.05) is 31.4 Å². The zero-order valence-electron chi connectivity index (χ0n) is 17.6. The highest BCUT2D eigenvalue weighted by atomic mass is 32.1. The number of hydrogen-bond acceptors (Lipinski definition) is 6. The number of methoxy groups -OCH3 is 1. The van der Waals surface area contributed by atoms with Gasteiger partial charge in [0.05, 0.1) is 12.8 Å². The summed E-state index contributed by atoms with van der Waals surface area (Å²) < 4.78 is 11.6. The van der Waals surface area contributed by atoms with Gasteiger partial charge in [-0.25, -0.2) is 4.98 Å². The van der Waals surface area contributed by atoms with Crippen LogP contribution >= 0.6 is 11.3 Å². The summed E-state index contributed by atoms with van der Waals surface area (Å²) in [6, 6.07) is 12.7. The number of benzene rings is 2. The van der Waals surface area contributed by atoms with E-state index in [1.165, 1.54) is 16.8 Å². The molecule has 0 saturated heterocycles. The summed E-state index contributed by atoms with van der Waals surface area (Å²) in [4.78, 5) is 6.88. The Balaban J connectivity index is 1.49. The Bertz CT molecular complexity index is 1010. The standard InChI is InChI=1S/C23H27N3O2S/c1-23(2)12-17-10-16(11-20(27-5)21(17)28-23)19-14-29-22(25-19)24-13-15-6-8-18(9-7-15)26(3)4/h6-11,14H,12-13H2,1-5H3,(H,24,25). The number of rotatable bonds is 6. The number of aromatic nitrogens is 1. The van der Waals surface area contributed by atoms with Gasteiger partial charge in [-0.05, 0) is 43.7 Å². The Morgan fingerprint density at radius 3 is 2.66 bits per heavy atom. The van der Waals surface area contributed by atoms with Crippen LogP contribution in [0.25, 0.3) is 11.3 Å². The molecular formula is C23H27N3O2S. The first kappa shape index (κ1) is 19.6. The maximum Gasteiger partial charge on any atom is 0.183 e. The molecule has 6 heteroatoms. The molecule has 0 saturated carbocycles. The van der Waals surface area contributed by atoms with E-state index in [0.717, 1.165) is 40.9 Å². The topological polar surface area (TPSA) is 46.6 Å². The third-order valence-corrected chi connectivity index (χ3v) is 5.84. The summed E-state index contributed by atoms with van der Waals surface area (Å²) in [6.45, 7) is 4.94. The first-order valence-corrected chi connectivity index (χ1v) is 10.6. The number of nitrogens with zero attached hydrogens (tertiary/aromatic N) is 2. The van der Waals surface area contributed by atoms with E-state index in [9.17, 15) is 0 Å². The van der Waals surface area contributed by atoms with E-state index >= 15 is 0 Å². The molecule has 0 amide bonds. The highest BCUT2D eigenvalue weighted by molar-refractivity contribution is 7.14. The minimum absolute atomic E-state index is 0.203. The molecule has 152 valence electrons. The van der Waals surface area contributed by atoms with Crippen LogP contribution in [0.4, 0.5) is 10.8 Å². The molecule has 1 aliphatic heterocycles. The van der Waals surface area contributed by atoms with Crippen LogP contribution in [-0.2, 0) is 13.0 Å². The molecule has 2 aromatic carbocycles. The van der Waals surface area contributed by atoms with Gasteiger partial charge in [0.1, 0.15) is 5.60 Å². The van der Waals surface area contributed by atoms with Gasteiger partial charge >= 0.3 is 0 Å². The van der Waals surface area contributed by atoms with Crippen LogP contribution in [0.5, 0.6) is 11.5 Å². The van der Waals surface area contributed by atoms with E-state index in [1.54, 1.807) is 18.4 Å². The van der Waals surface area contributed by atoms with Gasteiger partial charge in [0.2, 0.25) is 0 Å². The van der Waals surface area contributed by atoms with Crippen molar-refractivity contribution >= 4 is 22.2 Å². The average Bonchev–Trinajstić information content (AvgIpc) is 3.28. The second-order valence-corrected chi connectivity index (χ2v) is 9.02. The lowest BCUT2D eigenvalue weighted by atomic mass is 9.99. The Morgan fingerprint density at radius 2 is 1.97 bits per heavy atom. The van der Waals surface area contributed by atoms with E-state index in [1.807, 2.05) is 20.2 Å². The van der Waals surface area contributed by atoms with Crippen molar-refractivity contribution in [3.8, 4) is 22.8 Å². The zero-order valence-corrected chi connectivity index (χ0v) is 18.4. The van der Waals surface area contributed by atoms with Crippen LogP contribution in [0, 0.1) is 0 Å². The number of fused-ring (bicyclic) bond motifs is 1. The van der Waals surface area contributed by atoms with Crippen molar-refractivity contribution in [2.24, 2.45) is 0 Å². The number of anilines is 2. The van der Waals surface area contributed by atoms with Crippen molar-refractivity contribution in [3.63, 3.8) is 0 Å². The van der Waals surface area contributed by atoms with Gasteiger partial charge in [-0.2, -0.15) is 0 Å². The van der Waals surface area contributed by atoms with Crippen LogP contribution in [0.1, 0.15) is 25.0 Å². The average molecular weight is 410 g/mol. The van der Waals surface area contributed by atoms with Crippen LogP contribution < -0.4 is 19.7 Å². The van der Waals surface area contributed by atoms with E-state index in [-0.39, 0.29) is 5.60 Å². The van der Waals surface area contributed by atoms with Gasteiger partial charge in [-0.15, -0.1) is 11.3 Å². The van der Waals surface area contributed by atoms with Gasteiger partial charge < -0.3 is 19.7 Å². The Labute approximate surface area is 176 Å². The van der Waals surface area contributed by atoms with E-state index < -0.39 is 0 Å². The Hall–Kier alpha value is -2.73. The Kier molecular flexibility index (Phi) is 5.13. The maximum absolute atomic E-state index is 6.06. The highest BCUT2D eigenvalue weighted by Gasteiger charge is 2.33. The van der Waals surface area contributed by atoms with Crippen molar-refractivity contribution in [1.82, 2.24) is 4.98 Å². The quantitative estimate of drug-likeness (QED) is 0.605. The molecule has 4 rings (SSSR count). The summed E-state index contributed by atoms with van der Waals surface area (Å²) >= 11 is 1.62. The fourth-order valence-corrected chi connectivity index (χ4v) is 4.27. The molecule has 1 aromatic heterocycles. The summed E-state index contributed by atoms with van der Waals surface area (Å²) in [5, 5.41) is 6.42. The largest absolute Gasteiger partial charge is 0.493 e. The first-order chi connectivity index (χ1) is 13.8. The predicted octanol–water partition coefficient (Wildman–Crippen LogP) is 5.21. The second-order valence-electron chi connectivity index (χ2n) is 8.16. The Morgan fingerprint density at radius 1 is 1.21 bits per heavy atom. The van der Waals surface area contributed by atoms with Crippen LogP contribution in [0.15, 0.2) is 41.8 Å². The first-order valence-electron chi connectivity index (χ1n) is 9.70. The van der Waals surface area contributed by atoms with Crippen LogP contribution in [0.3, 0.4) is 0 Å². The van der Waals surface area contributed by atoms with Crippen molar-refractivity contribution in [1.29, 1.82) is 0 Å². The normalized spacial score (nSPS) is 14.2.